The molecule has 124 heavy (non-hydrogen) atoms. The molecule has 4 saturated carbocycles. The number of fused-ring (bicyclic) bond motifs is 4. The van der Waals surface area contributed by atoms with Crippen LogP contribution in [0.2, 0.25) is 15.1 Å². The molecular weight excluding hydrogens is 1650 g/mol. The fourth-order valence-electron chi connectivity index (χ4n) is 14.5. The topological polar surface area (TPSA) is 415 Å². The normalized spacial score (nSPS) is 17.4. The van der Waals surface area contributed by atoms with E-state index in [2.05, 4.69) is 86.2 Å². The number of nitrogens with zero attached hydrogens (tertiary/aromatic N) is 15. The molecule has 622 valence electrons. The Balaban J connectivity index is 0.000000113. The van der Waals surface area contributed by atoms with Crippen molar-refractivity contribution in [3.63, 3.8) is 0 Å². The van der Waals surface area contributed by atoms with E-state index in [1.165, 1.54) is 18.2 Å². The van der Waals surface area contributed by atoms with Crippen LogP contribution in [0.15, 0.2) is 169 Å². The number of amides is 8. The van der Waals surface area contributed by atoms with Crippen LogP contribution >= 0.6 is 34.8 Å². The van der Waals surface area contributed by atoms with E-state index < -0.39 is 17.6 Å². The molecule has 0 unspecified atom stereocenters. The van der Waals surface area contributed by atoms with E-state index >= 15 is 0 Å². The molecule has 8 fully saturated rings. The fourth-order valence-corrected chi connectivity index (χ4v) is 15.1. The lowest BCUT2D eigenvalue weighted by molar-refractivity contribution is -0.125. The SMILES string of the molecule is N#Cc1ccc(Cl)c(Cc2cc(NC3CC3)n3ncc(/C=C4\CC(=O)NC4=O)c3n2)c1.O=C1C/C(=C\c2cnn3c(NC4CC4)cc(Cc4cc(F)cc(Cl)c4)nc23)C(=O)N1.O=C1C/C(=C\c2cnn3c(NC4CC4)cc(Cc4ccc(-n5cccn5)cc4)nc23)C(=O)N1.O=C1C/C(=C\c2cnn3c(NC4CC4)cc(Cc4ccc(O)cc4Cl)nc23)C(=O)N1. The van der Waals surface area contributed by atoms with Crippen molar-refractivity contribution >= 4 is 152 Å². The van der Waals surface area contributed by atoms with Gasteiger partial charge in [-0.25, -0.2) is 29.0 Å². The van der Waals surface area contributed by atoms with Gasteiger partial charge in [-0.05, 0) is 165 Å². The van der Waals surface area contributed by atoms with Gasteiger partial charge < -0.3 is 26.4 Å². The van der Waals surface area contributed by atoms with E-state index in [-0.39, 0.29) is 66.9 Å². The number of imide groups is 4. The number of phenols is 1. The molecule has 32 nitrogen and oxygen atoms in total. The van der Waals surface area contributed by atoms with Crippen molar-refractivity contribution in [2.45, 2.75) is 127 Å². The number of hydrogen-bond acceptors (Lipinski definition) is 23. The Hall–Kier alpha value is -14.6. The zero-order valence-corrected chi connectivity index (χ0v) is 68.0. The van der Waals surface area contributed by atoms with E-state index in [4.69, 9.17) is 54.7 Å². The Bertz CT molecular complexity index is 6760. The molecule has 13 aromatic rings. The Morgan fingerprint density at radius 2 is 0.823 bits per heavy atom. The predicted molar refractivity (Wildman–Crippen MR) is 457 cm³/mol. The highest BCUT2D eigenvalue weighted by Crippen LogP contribution is 2.35. The van der Waals surface area contributed by atoms with Gasteiger partial charge in [0.2, 0.25) is 23.6 Å². The van der Waals surface area contributed by atoms with E-state index in [0.717, 1.165) is 114 Å². The van der Waals surface area contributed by atoms with Crippen molar-refractivity contribution in [3.8, 4) is 17.5 Å². The molecule has 4 saturated heterocycles. The molecular formula is C88H73Cl3FN23O9. The van der Waals surface area contributed by atoms with Crippen molar-refractivity contribution in [1.82, 2.24) is 89.4 Å². The van der Waals surface area contributed by atoms with Crippen LogP contribution in [-0.2, 0) is 64.0 Å². The lowest BCUT2D eigenvalue weighted by Gasteiger charge is -2.11. The Labute approximate surface area is 718 Å². The van der Waals surface area contributed by atoms with Gasteiger partial charge in [0, 0.05) is 146 Å². The van der Waals surface area contributed by atoms with Crippen LogP contribution in [0.5, 0.6) is 5.75 Å². The second-order valence-electron chi connectivity index (χ2n) is 31.2. The van der Waals surface area contributed by atoms with Gasteiger partial charge in [0.05, 0.1) is 90.6 Å². The second-order valence-corrected chi connectivity index (χ2v) is 32.5. The number of aromatic nitrogens is 14. The van der Waals surface area contributed by atoms with Gasteiger partial charge in [0.25, 0.3) is 23.6 Å². The first-order valence-corrected chi connectivity index (χ1v) is 41.1. The van der Waals surface area contributed by atoms with Crippen molar-refractivity contribution in [2.24, 2.45) is 0 Å². The first-order valence-electron chi connectivity index (χ1n) is 40.0. The number of nitriles is 1. The molecule has 0 radical (unpaired) electrons. The summed E-state index contributed by atoms with van der Waals surface area (Å²) in [5.74, 6) is 0.193. The number of hydrogen-bond donors (Lipinski definition) is 9. The summed E-state index contributed by atoms with van der Waals surface area (Å²) >= 11 is 18.6. The second kappa shape index (κ2) is 34.1. The quantitative estimate of drug-likeness (QED) is 0.0238. The van der Waals surface area contributed by atoms with Crippen molar-refractivity contribution in [1.29, 1.82) is 5.26 Å². The number of aromatic hydroxyl groups is 1. The maximum atomic E-state index is 13.7. The molecule has 0 bridgehead atoms. The lowest BCUT2D eigenvalue weighted by atomic mass is 10.1. The van der Waals surface area contributed by atoms with Gasteiger partial charge in [-0.15, -0.1) is 0 Å². The number of halogens is 4. The van der Waals surface area contributed by atoms with Crippen molar-refractivity contribution in [2.75, 3.05) is 21.3 Å². The predicted octanol–water partition coefficient (Wildman–Crippen LogP) is 11.2. The first-order chi connectivity index (χ1) is 60.0. The van der Waals surface area contributed by atoms with Gasteiger partial charge in [-0.1, -0.05) is 53.0 Å². The third-order valence-electron chi connectivity index (χ3n) is 21.2. The van der Waals surface area contributed by atoms with Crippen LogP contribution in [0.1, 0.15) is 150 Å². The van der Waals surface area contributed by atoms with E-state index in [9.17, 15) is 53.1 Å². The van der Waals surface area contributed by atoms with E-state index in [1.54, 1.807) is 110 Å². The number of carbonyl (C=O) groups is 8. The van der Waals surface area contributed by atoms with Gasteiger partial charge in [-0.2, -0.15) is 48.8 Å². The molecule has 4 aliphatic carbocycles. The summed E-state index contributed by atoms with van der Waals surface area (Å²) in [5.41, 5.74) is 14.7. The number of phenolic OH excluding ortho intramolecular Hbond substituents is 1. The summed E-state index contributed by atoms with van der Waals surface area (Å²) in [6, 6.07) is 36.1. The van der Waals surface area contributed by atoms with Gasteiger partial charge in [0.1, 0.15) is 34.8 Å². The zero-order chi connectivity index (χ0) is 85.6. The summed E-state index contributed by atoms with van der Waals surface area (Å²) in [6.45, 7) is 0. The maximum absolute atomic E-state index is 13.7. The van der Waals surface area contributed by atoms with Crippen molar-refractivity contribution < 1.29 is 47.9 Å². The van der Waals surface area contributed by atoms with Crippen LogP contribution < -0.4 is 42.5 Å². The van der Waals surface area contributed by atoms with Gasteiger partial charge >= 0.3 is 0 Å². The summed E-state index contributed by atoms with van der Waals surface area (Å²) in [4.78, 5) is 113. The van der Waals surface area contributed by atoms with Crippen LogP contribution in [-0.4, -0.2) is 145 Å². The van der Waals surface area contributed by atoms with Crippen LogP contribution in [0.4, 0.5) is 27.7 Å². The maximum Gasteiger partial charge on any atom is 0.254 e. The highest BCUT2D eigenvalue weighted by Gasteiger charge is 2.32. The molecule has 21 rings (SSSR count). The molecule has 4 aliphatic heterocycles. The molecule has 13 heterocycles. The minimum atomic E-state index is -0.402. The Kier molecular flexibility index (Phi) is 22.1. The Morgan fingerprint density at radius 1 is 0.435 bits per heavy atom. The van der Waals surface area contributed by atoms with Gasteiger partial charge in [0.15, 0.2) is 22.6 Å². The summed E-state index contributed by atoms with van der Waals surface area (Å²) in [7, 11) is 0. The zero-order valence-electron chi connectivity index (χ0n) is 65.7. The van der Waals surface area contributed by atoms with Crippen LogP contribution in [0.25, 0.3) is 52.6 Å². The monoisotopic (exact) mass is 1720 g/mol. The Morgan fingerprint density at radius 3 is 1.17 bits per heavy atom. The highest BCUT2D eigenvalue weighted by molar-refractivity contribution is 6.32. The minimum Gasteiger partial charge on any atom is -0.508 e. The highest BCUT2D eigenvalue weighted by atomic mass is 35.5. The molecule has 4 aromatic carbocycles. The third-order valence-corrected chi connectivity index (χ3v) is 22.1. The number of rotatable bonds is 21. The summed E-state index contributed by atoms with van der Waals surface area (Å²) in [5, 5.41) is 65.3. The molecule has 9 N–H and O–H groups in total. The minimum absolute atomic E-state index is 0.0326. The summed E-state index contributed by atoms with van der Waals surface area (Å²) in [6.07, 6.45) is 27.9. The molecule has 0 spiro atoms. The van der Waals surface area contributed by atoms with Gasteiger partial charge in [-0.3, -0.25) is 59.6 Å². The average Bonchev–Trinajstić information content (AvgIpc) is 1.63. The van der Waals surface area contributed by atoms with Crippen LogP contribution in [0.3, 0.4) is 0 Å². The van der Waals surface area contributed by atoms with E-state index in [0.29, 0.717) is 149 Å². The molecule has 36 heteroatoms. The molecule has 8 aliphatic rings. The average molecular weight is 1720 g/mol. The number of benzene rings is 4. The largest absolute Gasteiger partial charge is 0.508 e. The fraction of sp³-hybridized carbons (Fsp3) is 0.227. The first kappa shape index (κ1) is 80.4. The summed E-state index contributed by atoms with van der Waals surface area (Å²) < 4.78 is 22.4. The smallest absolute Gasteiger partial charge is 0.254 e. The third kappa shape index (κ3) is 18.8. The molecule has 0 atom stereocenters. The number of carbonyl (C=O) groups excluding carboxylic acids is 8. The number of nitrogens with one attached hydrogen (secondary N) is 8. The lowest BCUT2D eigenvalue weighted by Crippen LogP contribution is -2.19. The number of anilines is 4. The van der Waals surface area contributed by atoms with Crippen LogP contribution in [0, 0.1) is 17.1 Å². The van der Waals surface area contributed by atoms with E-state index in [1.807, 2.05) is 53.3 Å². The molecule has 9 aromatic heterocycles. The molecule has 8 amide bonds. The van der Waals surface area contributed by atoms with Crippen molar-refractivity contribution in [3.05, 3.63) is 262 Å². The standard InChI is InChI=1S/C24H21N7O2.C22H17ClN6O2.C21H17ClFN5O2.C21H18ClN5O3/c32-22-12-16(24(33)29-22)11-17-14-26-31-21(27-18-4-5-18)13-19(28-23(17)31)10-15-2-6-20(7-3-15)30-9-1-8-25-30;23-18-4-1-12(10-24)5-13(18)7-17-9-19(26-16-2-3-16)29-21(27-17)15(11-25-29)6-14-8-20(30)28-22(14)31;22-14-3-11(4-15(23)8-14)5-17-9-18(25-16-1-2-16)28-20(26-17)13(10-24-28)6-12-7-19(29)27-21(12)30;22-17-9-16(28)4-1-11(17)6-15-8-18(24-14-2-3-14)27-20(25-15)13(10-23-27)5-12-7-19(29)26-21(12)30/h1-3,6-9,11,13-14,18,27H,4-5,10,12H2,(H,29,32,33);1,4-6,9,11,16,26H,2-3,7-8H2,(H,28,30,31);3-4,6,8-10,16,25H,1-2,5,7H2,(H,27,29,30);1,4-5,8-10,14,24,28H,2-3,6-7H2,(H,26,29,30)/b16-11+;14-6+;12-6+;12-5+.